The molecule has 0 aromatic heterocycles. The fourth-order valence-corrected chi connectivity index (χ4v) is 6.38. The normalized spacial score (nSPS) is 15.2. The topological polar surface area (TPSA) is 20.2 Å². The summed E-state index contributed by atoms with van der Waals surface area (Å²) in [5.74, 6) is 0.852. The minimum absolute atomic E-state index is 0.852. The van der Waals surface area contributed by atoms with Crippen molar-refractivity contribution in [2.75, 3.05) is 0 Å². The molecule has 1 aromatic rings. The highest BCUT2D eigenvalue weighted by molar-refractivity contribution is 9.15. The van der Waals surface area contributed by atoms with Crippen molar-refractivity contribution >= 4 is 49.9 Å². The van der Waals surface area contributed by atoms with Gasteiger partial charge in [0.25, 0.3) is 0 Å². The summed E-state index contributed by atoms with van der Waals surface area (Å²) in [6.07, 6.45) is 0. The summed E-state index contributed by atoms with van der Waals surface area (Å²) in [6.45, 7) is 0. The van der Waals surface area contributed by atoms with Crippen LogP contribution in [0.4, 0.5) is 0 Å². The Bertz CT molecular complexity index is 297. The maximum absolute atomic E-state index is 9.23. The van der Waals surface area contributed by atoms with Crippen molar-refractivity contribution in [2.24, 2.45) is 0 Å². The molecule has 0 radical (unpaired) electrons. The Kier molecular flexibility index (Phi) is 5.23. The fourth-order valence-electron chi connectivity index (χ4n) is 0.737. The minimum atomic E-state index is -2.40. The van der Waals surface area contributed by atoms with E-state index in [1.165, 1.54) is 16.0 Å². The summed E-state index contributed by atoms with van der Waals surface area (Å²) in [5.41, 5.74) is 1.23. The Morgan fingerprint density at radius 2 is 2.00 bits per heavy atom. The van der Waals surface area contributed by atoms with Crippen LogP contribution in [0, 0.1) is 0 Å². The van der Waals surface area contributed by atoms with Crippen molar-refractivity contribution in [3.05, 3.63) is 35.9 Å². The molecule has 1 rings (SSSR count). The Hall–Kier alpha value is 0.880. The van der Waals surface area contributed by atoms with Crippen LogP contribution < -0.4 is 0 Å². The highest BCUT2D eigenvalue weighted by atomic mass is 33.5. The maximum Gasteiger partial charge on any atom is 0.179 e. The first kappa shape index (κ1) is 12.0. The van der Waals surface area contributed by atoms with Gasteiger partial charge in [0, 0.05) is 5.75 Å². The van der Waals surface area contributed by atoms with E-state index < -0.39 is 4.67 Å². The van der Waals surface area contributed by atoms with E-state index in [1.54, 1.807) is 10.8 Å². The van der Waals surface area contributed by atoms with Gasteiger partial charge in [0.1, 0.15) is 0 Å². The van der Waals surface area contributed by atoms with E-state index in [1.807, 2.05) is 30.3 Å². The first-order valence-corrected chi connectivity index (χ1v) is 10.3. The van der Waals surface area contributed by atoms with Crippen LogP contribution in [0.1, 0.15) is 5.56 Å². The van der Waals surface area contributed by atoms with Gasteiger partial charge >= 0.3 is 0 Å². The second-order valence-corrected chi connectivity index (χ2v) is 13.7. The Balaban J connectivity index is 2.33. The molecule has 0 aliphatic rings. The zero-order chi connectivity index (χ0) is 9.73. The third kappa shape index (κ3) is 6.05. The zero-order valence-corrected chi connectivity index (χ0v) is 10.9. The molecule has 13 heavy (non-hydrogen) atoms. The highest BCUT2D eigenvalue weighted by Gasteiger charge is 2.06. The van der Waals surface area contributed by atoms with E-state index in [9.17, 15) is 4.89 Å². The summed E-state index contributed by atoms with van der Waals surface area (Å²) < 4.78 is -2.40. The van der Waals surface area contributed by atoms with Gasteiger partial charge in [-0.2, -0.15) is 0 Å². The molecule has 1 atom stereocenters. The smallest absolute Gasteiger partial charge is 0.179 e. The quantitative estimate of drug-likeness (QED) is 0.493. The van der Waals surface area contributed by atoms with E-state index >= 15 is 0 Å². The molecule has 0 saturated carbocycles. The second kappa shape index (κ2) is 5.69. The lowest BCUT2D eigenvalue weighted by molar-refractivity contribution is 0.654. The number of benzene rings is 1. The Morgan fingerprint density at radius 1 is 1.38 bits per heavy atom. The third-order valence-corrected chi connectivity index (χ3v) is 9.36. The van der Waals surface area contributed by atoms with Gasteiger partial charge in [-0.25, -0.2) is 0 Å². The zero-order valence-electron chi connectivity index (χ0n) is 6.66. The molecule has 1 unspecified atom stereocenters. The number of hydrogen-bond acceptors (Lipinski definition) is 3. The van der Waals surface area contributed by atoms with Crippen LogP contribution in [-0.2, 0) is 17.6 Å². The first-order valence-electron chi connectivity index (χ1n) is 3.48. The van der Waals surface area contributed by atoms with Crippen LogP contribution in [0.25, 0.3) is 0 Å². The summed E-state index contributed by atoms with van der Waals surface area (Å²) in [4.78, 5) is 9.23. The minimum Gasteiger partial charge on any atom is -0.349 e. The predicted octanol–water partition coefficient (Wildman–Crippen LogP) is 3.71. The van der Waals surface area contributed by atoms with E-state index in [-0.39, 0.29) is 0 Å². The monoisotopic (exact) mass is 268 g/mol. The Labute approximate surface area is 96.1 Å². The molecule has 0 aliphatic carbocycles. The first-order chi connectivity index (χ1) is 6.08. The van der Waals surface area contributed by atoms with Gasteiger partial charge in [0.05, 0.1) is 0 Å². The number of thiol groups is 1. The molecule has 72 valence electrons. The van der Waals surface area contributed by atoms with E-state index in [0.717, 1.165) is 5.75 Å². The molecule has 1 nitrogen and oxygen atoms in total. The van der Waals surface area contributed by atoms with Crippen molar-refractivity contribution in [2.45, 2.75) is 5.75 Å². The van der Waals surface area contributed by atoms with Crippen LogP contribution >= 0.6 is 38.1 Å². The molecular formula is C7H9OPS4. The lowest BCUT2D eigenvalue weighted by atomic mass is 10.2. The van der Waals surface area contributed by atoms with E-state index in [0.29, 0.717) is 0 Å². The van der Waals surface area contributed by atoms with Gasteiger partial charge in [-0.15, -0.1) is 12.2 Å². The molecule has 6 heteroatoms. The van der Waals surface area contributed by atoms with Gasteiger partial charge in [-0.3, -0.25) is 0 Å². The van der Waals surface area contributed by atoms with E-state index in [4.69, 9.17) is 11.8 Å². The summed E-state index contributed by atoms with van der Waals surface area (Å²) >= 11 is 8.70. The molecule has 0 fully saturated rings. The average Bonchev–Trinajstić information content (AvgIpc) is 2.04. The van der Waals surface area contributed by atoms with Crippen LogP contribution in [0.15, 0.2) is 30.3 Å². The lowest BCUT2D eigenvalue weighted by Crippen LogP contribution is -1.74. The standard InChI is InChI=1S/C7H9OPS4/c8-9(10,11)13-12-6-7-4-2-1-3-5-7/h1-5H,6H2,(H2,8,10,11). The largest absolute Gasteiger partial charge is 0.349 e. The van der Waals surface area contributed by atoms with Crippen LogP contribution in [0.5, 0.6) is 0 Å². The molecule has 0 heterocycles. The summed E-state index contributed by atoms with van der Waals surface area (Å²) in [5, 5.41) is 0. The SMILES string of the molecule is OP(=S)(S)SSCc1ccccc1. The molecular weight excluding hydrogens is 259 g/mol. The van der Waals surface area contributed by atoms with Gasteiger partial charge in [0.15, 0.2) is 4.67 Å². The lowest BCUT2D eigenvalue weighted by Gasteiger charge is -2.05. The molecule has 0 spiro atoms. The number of rotatable bonds is 4. The molecule has 0 amide bonds. The highest BCUT2D eigenvalue weighted by Crippen LogP contribution is 2.64. The number of hydrogen-bond donors (Lipinski definition) is 2. The molecule has 0 saturated heterocycles. The van der Waals surface area contributed by atoms with Crippen LogP contribution in [0.2, 0.25) is 0 Å². The van der Waals surface area contributed by atoms with Gasteiger partial charge < -0.3 is 4.89 Å². The van der Waals surface area contributed by atoms with Gasteiger partial charge in [-0.1, -0.05) is 41.1 Å². The van der Waals surface area contributed by atoms with Gasteiger partial charge in [0.2, 0.25) is 0 Å². The third-order valence-electron chi connectivity index (χ3n) is 1.22. The van der Waals surface area contributed by atoms with Crippen molar-refractivity contribution in [1.82, 2.24) is 0 Å². The van der Waals surface area contributed by atoms with Gasteiger partial charge in [-0.05, 0) is 27.8 Å². The van der Waals surface area contributed by atoms with Crippen molar-refractivity contribution in [1.29, 1.82) is 0 Å². The van der Waals surface area contributed by atoms with Crippen molar-refractivity contribution in [3.8, 4) is 0 Å². The van der Waals surface area contributed by atoms with Crippen molar-refractivity contribution in [3.63, 3.8) is 0 Å². The summed E-state index contributed by atoms with van der Waals surface area (Å²) in [7, 11) is 2.84. The van der Waals surface area contributed by atoms with Crippen molar-refractivity contribution < 1.29 is 4.89 Å². The molecule has 1 N–H and O–H groups in total. The van der Waals surface area contributed by atoms with Crippen LogP contribution in [-0.4, -0.2) is 4.89 Å². The average molecular weight is 268 g/mol. The van der Waals surface area contributed by atoms with Crippen LogP contribution in [0.3, 0.4) is 0 Å². The fraction of sp³-hybridized carbons (Fsp3) is 0.143. The van der Waals surface area contributed by atoms with E-state index in [2.05, 4.69) is 12.2 Å². The predicted molar refractivity (Wildman–Crippen MR) is 70.8 cm³/mol. The molecule has 1 aromatic carbocycles. The maximum atomic E-state index is 9.23. The molecule has 0 bridgehead atoms. The molecule has 0 aliphatic heterocycles. The Morgan fingerprint density at radius 3 is 2.54 bits per heavy atom. The summed E-state index contributed by atoms with van der Waals surface area (Å²) in [6, 6.07) is 10.1. The second-order valence-electron chi connectivity index (χ2n) is 2.31.